The summed E-state index contributed by atoms with van der Waals surface area (Å²) in [7, 11) is 0. The maximum Gasteiger partial charge on any atom is 0.239 e. The third-order valence-electron chi connectivity index (χ3n) is 4.81. The molecule has 0 radical (unpaired) electrons. The highest BCUT2D eigenvalue weighted by Gasteiger charge is 2.23. The number of likely N-dealkylation sites (N-methyl/N-ethyl adjacent to an activating group) is 1. The first-order valence-electron chi connectivity index (χ1n) is 9.82. The van der Waals surface area contributed by atoms with Crippen molar-refractivity contribution in [1.29, 1.82) is 0 Å². The van der Waals surface area contributed by atoms with Gasteiger partial charge in [0.05, 0.1) is 6.54 Å². The molecule has 2 N–H and O–H groups in total. The number of carbonyl (C=O) groups is 1. The molecule has 4 rings (SSSR count). The summed E-state index contributed by atoms with van der Waals surface area (Å²) in [5.41, 5.74) is 0. The van der Waals surface area contributed by atoms with Crippen LogP contribution in [0.25, 0.3) is 17.4 Å². The molecule has 152 valence electrons. The molecular weight excluding hydrogens is 370 g/mol. The summed E-state index contributed by atoms with van der Waals surface area (Å²) in [5.74, 6) is 2.58. The van der Waals surface area contributed by atoms with E-state index in [-0.39, 0.29) is 5.91 Å². The molecule has 1 aliphatic rings. The lowest BCUT2D eigenvalue weighted by Gasteiger charge is -2.16. The molecule has 1 saturated heterocycles. The minimum atomic E-state index is -0.103. The van der Waals surface area contributed by atoms with Gasteiger partial charge in [-0.25, -0.2) is 14.6 Å². The first-order chi connectivity index (χ1) is 14.1. The highest BCUT2D eigenvalue weighted by Crippen LogP contribution is 2.22. The van der Waals surface area contributed by atoms with Crippen LogP contribution in [0.4, 0.5) is 5.82 Å². The Labute approximate surface area is 169 Å². The van der Waals surface area contributed by atoms with E-state index in [0.29, 0.717) is 35.8 Å². The van der Waals surface area contributed by atoms with Crippen LogP contribution in [0.2, 0.25) is 0 Å². The summed E-state index contributed by atoms with van der Waals surface area (Å²) in [5, 5.41) is 10.6. The second-order valence-electron chi connectivity index (χ2n) is 7.12. The number of nitrogens with one attached hydrogen (secondary N) is 2. The number of carbonyl (C=O) groups excluding carboxylic acids is 1. The molecule has 0 aromatic carbocycles. The molecule has 0 spiro atoms. The summed E-state index contributed by atoms with van der Waals surface area (Å²) < 4.78 is 7.28. The highest BCUT2D eigenvalue weighted by molar-refractivity contribution is 5.91. The number of aromatic nitrogens is 4. The normalized spacial score (nSPS) is 17.0. The molecular formula is C20H25N7O2. The Balaban J connectivity index is 1.52. The number of anilines is 1. The maximum absolute atomic E-state index is 12.6. The summed E-state index contributed by atoms with van der Waals surface area (Å²) in [4.78, 5) is 23.8. The Hall–Kier alpha value is -3.04. The van der Waals surface area contributed by atoms with E-state index < -0.39 is 0 Å². The van der Waals surface area contributed by atoms with Crippen LogP contribution >= 0.6 is 0 Å². The fourth-order valence-electron chi connectivity index (χ4n) is 3.50. The van der Waals surface area contributed by atoms with Crippen molar-refractivity contribution < 1.29 is 9.21 Å². The lowest BCUT2D eigenvalue weighted by molar-refractivity contribution is -0.117. The number of aryl methyl sites for hydroxylation is 1. The lowest BCUT2D eigenvalue weighted by atomic mass is 10.3. The van der Waals surface area contributed by atoms with E-state index in [2.05, 4.69) is 37.5 Å². The number of hydrogen-bond acceptors (Lipinski definition) is 7. The fraction of sp³-hybridized carbons (Fsp3) is 0.400. The number of amides is 1. The predicted molar refractivity (Wildman–Crippen MR) is 109 cm³/mol. The van der Waals surface area contributed by atoms with E-state index in [1.54, 1.807) is 23.1 Å². The molecule has 9 nitrogen and oxygen atoms in total. The Bertz CT molecular complexity index is 967. The number of likely N-dealkylation sites (tertiary alicyclic amines) is 1. The van der Waals surface area contributed by atoms with Crippen LogP contribution in [0, 0.1) is 6.92 Å². The van der Waals surface area contributed by atoms with Crippen LogP contribution < -0.4 is 10.6 Å². The van der Waals surface area contributed by atoms with Gasteiger partial charge >= 0.3 is 0 Å². The largest absolute Gasteiger partial charge is 0.458 e. The third-order valence-corrected chi connectivity index (χ3v) is 4.81. The van der Waals surface area contributed by atoms with Crippen LogP contribution in [0.3, 0.4) is 0 Å². The van der Waals surface area contributed by atoms with Gasteiger partial charge < -0.3 is 15.1 Å². The zero-order valence-corrected chi connectivity index (χ0v) is 16.6. The summed E-state index contributed by atoms with van der Waals surface area (Å²) >= 11 is 0. The van der Waals surface area contributed by atoms with Gasteiger partial charge in [0.1, 0.15) is 11.6 Å². The lowest BCUT2D eigenvalue weighted by Crippen LogP contribution is -2.36. The molecule has 4 heterocycles. The van der Waals surface area contributed by atoms with E-state index in [1.807, 2.05) is 25.1 Å². The van der Waals surface area contributed by atoms with Crippen molar-refractivity contribution in [3.05, 3.63) is 42.4 Å². The molecule has 1 fully saturated rings. The van der Waals surface area contributed by atoms with Crippen molar-refractivity contribution in [3.63, 3.8) is 0 Å². The van der Waals surface area contributed by atoms with E-state index in [4.69, 9.17) is 4.42 Å². The number of rotatable bonds is 7. The van der Waals surface area contributed by atoms with E-state index in [9.17, 15) is 4.79 Å². The predicted octanol–water partition coefficient (Wildman–Crippen LogP) is 1.85. The zero-order valence-electron chi connectivity index (χ0n) is 16.6. The molecule has 9 heteroatoms. The SMILES string of the molecule is CCNC1CCN(CC(=O)Nc2cc(-n3cccn3)nc(-c3ccc(C)o3)n2)C1. The fourth-order valence-corrected chi connectivity index (χ4v) is 3.50. The van der Waals surface area contributed by atoms with Crippen LogP contribution in [0.5, 0.6) is 0 Å². The standard InChI is InChI=1S/C20H25N7O2/c1-3-21-15-7-10-26(12-15)13-19(28)23-17-11-18(27-9-4-8-22-27)25-20(24-17)16-6-5-14(2)29-16/h4-6,8-9,11,15,21H,3,7,10,12-13H2,1-2H3,(H,23,24,25,28). The molecule has 1 atom stereocenters. The molecule has 29 heavy (non-hydrogen) atoms. The first kappa shape index (κ1) is 19.3. The zero-order chi connectivity index (χ0) is 20.2. The number of nitrogens with zero attached hydrogens (tertiary/aromatic N) is 5. The average molecular weight is 395 g/mol. The summed E-state index contributed by atoms with van der Waals surface area (Å²) in [6, 6.07) is 7.63. The molecule has 3 aromatic heterocycles. The van der Waals surface area contributed by atoms with Crippen LogP contribution in [-0.4, -0.2) is 62.8 Å². The van der Waals surface area contributed by atoms with Crippen LogP contribution in [0.15, 0.2) is 41.1 Å². The van der Waals surface area contributed by atoms with Crippen LogP contribution in [-0.2, 0) is 4.79 Å². The van der Waals surface area contributed by atoms with Gasteiger partial charge in [-0.05, 0) is 38.1 Å². The van der Waals surface area contributed by atoms with Gasteiger partial charge in [0.2, 0.25) is 5.91 Å². The van der Waals surface area contributed by atoms with E-state index >= 15 is 0 Å². The molecule has 1 unspecified atom stereocenters. The molecule has 1 amide bonds. The number of hydrogen-bond donors (Lipinski definition) is 2. The van der Waals surface area contributed by atoms with Crippen molar-refractivity contribution in [2.75, 3.05) is 31.5 Å². The molecule has 3 aromatic rings. The second kappa shape index (κ2) is 8.54. The molecule has 1 aliphatic heterocycles. The van der Waals surface area contributed by atoms with Crippen molar-refractivity contribution in [2.45, 2.75) is 26.3 Å². The summed E-state index contributed by atoms with van der Waals surface area (Å²) in [6.07, 6.45) is 4.52. The topological polar surface area (TPSA) is 101 Å². The molecule has 0 saturated carbocycles. The van der Waals surface area contributed by atoms with Gasteiger partial charge in [0, 0.05) is 37.6 Å². The van der Waals surface area contributed by atoms with Crippen molar-refractivity contribution >= 4 is 11.7 Å². The van der Waals surface area contributed by atoms with Gasteiger partial charge in [0.15, 0.2) is 17.4 Å². The van der Waals surface area contributed by atoms with Crippen LogP contribution in [0.1, 0.15) is 19.1 Å². The third kappa shape index (κ3) is 4.69. The van der Waals surface area contributed by atoms with Gasteiger partial charge in [0.25, 0.3) is 0 Å². The highest BCUT2D eigenvalue weighted by atomic mass is 16.3. The van der Waals surface area contributed by atoms with Gasteiger partial charge in [-0.3, -0.25) is 9.69 Å². The first-order valence-corrected chi connectivity index (χ1v) is 9.82. The smallest absolute Gasteiger partial charge is 0.239 e. The van der Waals surface area contributed by atoms with Gasteiger partial charge in [-0.15, -0.1) is 0 Å². The minimum absolute atomic E-state index is 0.103. The summed E-state index contributed by atoms with van der Waals surface area (Å²) in [6.45, 7) is 7.01. The molecule has 0 bridgehead atoms. The van der Waals surface area contributed by atoms with Crippen molar-refractivity contribution in [3.8, 4) is 17.4 Å². The van der Waals surface area contributed by atoms with Gasteiger partial charge in [-0.2, -0.15) is 5.10 Å². The van der Waals surface area contributed by atoms with Crippen molar-refractivity contribution in [2.24, 2.45) is 0 Å². The number of furan rings is 1. The Morgan fingerprint density at radius 2 is 2.24 bits per heavy atom. The van der Waals surface area contributed by atoms with E-state index in [0.717, 1.165) is 31.8 Å². The maximum atomic E-state index is 12.6. The van der Waals surface area contributed by atoms with E-state index in [1.165, 1.54) is 0 Å². The monoisotopic (exact) mass is 395 g/mol. The second-order valence-corrected chi connectivity index (χ2v) is 7.12. The minimum Gasteiger partial charge on any atom is -0.458 e. The average Bonchev–Trinajstić information content (AvgIpc) is 3.44. The Morgan fingerprint density at radius 3 is 2.97 bits per heavy atom. The molecule has 0 aliphatic carbocycles. The Kier molecular flexibility index (Phi) is 5.68. The van der Waals surface area contributed by atoms with Crippen molar-refractivity contribution in [1.82, 2.24) is 30.0 Å². The quantitative estimate of drug-likeness (QED) is 0.630. The Morgan fingerprint density at radius 1 is 1.34 bits per heavy atom. The van der Waals surface area contributed by atoms with Gasteiger partial charge in [-0.1, -0.05) is 6.92 Å².